The first kappa shape index (κ1) is 28.7. The van der Waals surface area contributed by atoms with Crippen LogP contribution in [0.25, 0.3) is 0 Å². The molecule has 1 aliphatic rings. The van der Waals surface area contributed by atoms with Gasteiger partial charge in [0, 0.05) is 37.8 Å². The third-order valence-electron chi connectivity index (χ3n) is 6.59. The van der Waals surface area contributed by atoms with Crippen LogP contribution >= 0.6 is 11.3 Å². The summed E-state index contributed by atoms with van der Waals surface area (Å²) in [7, 11) is 0.0678. The summed E-state index contributed by atoms with van der Waals surface area (Å²) in [6.45, 7) is 4.18. The Morgan fingerprint density at radius 1 is 1.23 bits per heavy atom. The van der Waals surface area contributed by atoms with Gasteiger partial charge < -0.3 is 19.2 Å². The Hall–Kier alpha value is -3.29. The second kappa shape index (κ2) is 11.4. The van der Waals surface area contributed by atoms with Gasteiger partial charge in [0.15, 0.2) is 0 Å². The van der Waals surface area contributed by atoms with Crippen LogP contribution in [0, 0.1) is 13.8 Å². The maximum atomic E-state index is 14.0. The van der Waals surface area contributed by atoms with Gasteiger partial charge in [0.2, 0.25) is 5.91 Å². The first-order chi connectivity index (χ1) is 18.4. The summed E-state index contributed by atoms with van der Waals surface area (Å²) < 4.78 is 39.2. The number of nitrogens with zero attached hydrogens (tertiary/aromatic N) is 5. The Bertz CT molecular complexity index is 1460. The highest BCUT2D eigenvalue weighted by Gasteiger charge is 2.54. The second-order valence-corrected chi connectivity index (χ2v) is 12.8. The quantitative estimate of drug-likeness (QED) is 0.237. The van der Waals surface area contributed by atoms with Crippen LogP contribution in [0.15, 0.2) is 39.3 Å². The SMILES string of the molecule is COc1ccc(C2(C(=O)N(CCCc3ccc(C)o3)Cc3nc(/C([O-])=N/S(=O)(=O)N(C)C)c(C)s3)CC2)nc1. The van der Waals surface area contributed by atoms with Crippen molar-refractivity contribution in [3.05, 3.63) is 63.3 Å². The van der Waals surface area contributed by atoms with E-state index in [1.807, 2.05) is 25.1 Å². The number of furan rings is 1. The number of hydrogen-bond donors (Lipinski definition) is 0. The van der Waals surface area contributed by atoms with E-state index >= 15 is 0 Å². The summed E-state index contributed by atoms with van der Waals surface area (Å²) in [4.78, 5) is 25.1. The van der Waals surface area contributed by atoms with Gasteiger partial charge in [0.05, 0.1) is 36.7 Å². The number of methoxy groups -OCH3 is 1. The Balaban J connectivity index is 1.58. The number of aryl methyl sites for hydroxylation is 3. The van der Waals surface area contributed by atoms with Gasteiger partial charge >= 0.3 is 10.2 Å². The van der Waals surface area contributed by atoms with E-state index in [1.54, 1.807) is 31.2 Å². The Morgan fingerprint density at radius 2 is 1.97 bits per heavy atom. The van der Waals surface area contributed by atoms with Crippen LogP contribution in [0.5, 0.6) is 5.75 Å². The predicted octanol–water partition coefficient (Wildman–Crippen LogP) is 2.36. The van der Waals surface area contributed by atoms with E-state index in [0.717, 1.165) is 15.8 Å². The fourth-order valence-corrected chi connectivity index (χ4v) is 5.62. The number of aromatic nitrogens is 2. The number of carbonyl (C=O) groups is 1. The van der Waals surface area contributed by atoms with Crippen molar-refractivity contribution in [2.24, 2.45) is 4.40 Å². The largest absolute Gasteiger partial charge is 0.856 e. The maximum Gasteiger partial charge on any atom is 0.321 e. The number of thiazole rings is 1. The lowest BCUT2D eigenvalue weighted by atomic mass is 9.99. The lowest BCUT2D eigenvalue weighted by Crippen LogP contribution is -2.40. The number of ether oxygens (including phenoxy) is 1. The summed E-state index contributed by atoms with van der Waals surface area (Å²) in [5, 5.41) is 13.1. The van der Waals surface area contributed by atoms with Gasteiger partial charge in [0.25, 0.3) is 0 Å². The van der Waals surface area contributed by atoms with E-state index in [0.29, 0.717) is 53.6 Å². The molecule has 0 aromatic carbocycles. The maximum absolute atomic E-state index is 14.0. The fraction of sp³-hybridized carbons (Fsp3) is 0.462. The summed E-state index contributed by atoms with van der Waals surface area (Å²) in [6.07, 6.45) is 4.30. The van der Waals surface area contributed by atoms with Crippen molar-refractivity contribution >= 4 is 33.4 Å². The minimum absolute atomic E-state index is 0.0307. The van der Waals surface area contributed by atoms with Gasteiger partial charge in [-0.2, -0.15) is 17.1 Å². The third kappa shape index (κ3) is 6.48. The zero-order valence-electron chi connectivity index (χ0n) is 22.6. The van der Waals surface area contributed by atoms with E-state index in [-0.39, 0.29) is 18.1 Å². The minimum Gasteiger partial charge on any atom is -0.856 e. The van der Waals surface area contributed by atoms with E-state index in [9.17, 15) is 18.3 Å². The molecular formula is C26H32N5O6S2-. The van der Waals surface area contributed by atoms with Gasteiger partial charge in [-0.05, 0) is 57.4 Å². The van der Waals surface area contributed by atoms with Crippen molar-refractivity contribution in [1.82, 2.24) is 19.2 Å². The molecule has 1 saturated carbocycles. The molecule has 39 heavy (non-hydrogen) atoms. The van der Waals surface area contributed by atoms with Crippen molar-refractivity contribution in [2.45, 2.75) is 51.5 Å². The average molecular weight is 575 g/mol. The Labute approximate surface area is 232 Å². The molecule has 0 bridgehead atoms. The highest BCUT2D eigenvalue weighted by atomic mass is 32.2. The molecule has 3 aromatic heterocycles. The zero-order chi connectivity index (χ0) is 28.4. The number of amides is 1. The molecule has 0 atom stereocenters. The monoisotopic (exact) mass is 574 g/mol. The van der Waals surface area contributed by atoms with E-state index in [1.165, 1.54) is 25.4 Å². The van der Waals surface area contributed by atoms with Crippen molar-refractivity contribution in [3.8, 4) is 5.75 Å². The molecule has 0 radical (unpaired) electrons. The molecule has 0 saturated heterocycles. The smallest absolute Gasteiger partial charge is 0.321 e. The Morgan fingerprint density at radius 3 is 2.54 bits per heavy atom. The van der Waals surface area contributed by atoms with Gasteiger partial charge in [-0.1, -0.05) is 0 Å². The predicted molar refractivity (Wildman–Crippen MR) is 145 cm³/mol. The van der Waals surface area contributed by atoms with Crippen LogP contribution in [-0.4, -0.2) is 67.1 Å². The van der Waals surface area contributed by atoms with Crippen LogP contribution in [0.1, 0.15) is 52.1 Å². The van der Waals surface area contributed by atoms with Gasteiger partial charge in [-0.3, -0.25) is 9.78 Å². The van der Waals surface area contributed by atoms with Crippen molar-refractivity contribution in [1.29, 1.82) is 0 Å². The minimum atomic E-state index is -4.09. The molecule has 0 N–H and O–H groups in total. The van der Waals surface area contributed by atoms with E-state index in [2.05, 4.69) is 14.4 Å². The number of carbonyl (C=O) groups excluding carboxylic acids is 1. The van der Waals surface area contributed by atoms with Gasteiger partial charge in [-0.25, -0.2) is 4.98 Å². The molecule has 1 fully saturated rings. The van der Waals surface area contributed by atoms with Crippen molar-refractivity contribution < 1.29 is 27.5 Å². The van der Waals surface area contributed by atoms with Crippen LogP contribution in [0.2, 0.25) is 0 Å². The standard InChI is InChI=1S/C26H33N5O6S2/c1-17-8-9-19(37-17)7-6-14-31(25(33)26(12-13-26)21-11-10-20(36-5)15-27-21)16-22-28-23(18(2)38-22)24(32)29-39(34,35)30(3)4/h8-11,15H,6-7,12-14,16H2,1-5H3,(H,29,32)/p-1. The second-order valence-electron chi connectivity index (χ2n) is 9.68. The van der Waals surface area contributed by atoms with Crippen LogP contribution < -0.4 is 9.84 Å². The summed E-state index contributed by atoms with van der Waals surface area (Å²) in [5.74, 6) is 1.30. The van der Waals surface area contributed by atoms with Gasteiger partial charge in [0.1, 0.15) is 22.3 Å². The van der Waals surface area contributed by atoms with Crippen molar-refractivity contribution in [2.75, 3.05) is 27.7 Å². The van der Waals surface area contributed by atoms with E-state index < -0.39 is 21.5 Å². The zero-order valence-corrected chi connectivity index (χ0v) is 24.3. The highest BCUT2D eigenvalue weighted by Crippen LogP contribution is 2.49. The van der Waals surface area contributed by atoms with Gasteiger partial charge in [-0.15, -0.1) is 11.3 Å². The molecule has 4 rings (SSSR count). The lowest BCUT2D eigenvalue weighted by Gasteiger charge is -2.26. The van der Waals surface area contributed by atoms with E-state index in [4.69, 9.17) is 9.15 Å². The number of hydrogen-bond acceptors (Lipinski definition) is 9. The number of rotatable bonds is 12. The first-order valence-corrected chi connectivity index (χ1v) is 14.7. The Kier molecular flexibility index (Phi) is 8.42. The number of pyridine rings is 1. The van der Waals surface area contributed by atoms with Crippen LogP contribution in [-0.2, 0) is 33.4 Å². The molecule has 0 unspecified atom stereocenters. The molecule has 3 heterocycles. The molecule has 210 valence electrons. The normalized spacial score (nSPS) is 15.0. The molecule has 0 aliphatic heterocycles. The first-order valence-electron chi connectivity index (χ1n) is 12.5. The lowest BCUT2D eigenvalue weighted by molar-refractivity contribution is -0.212. The summed E-state index contributed by atoms with van der Waals surface area (Å²) in [5.41, 5.74) is -0.0520. The summed E-state index contributed by atoms with van der Waals surface area (Å²) >= 11 is 1.24. The van der Waals surface area contributed by atoms with Crippen molar-refractivity contribution in [3.63, 3.8) is 0 Å². The topological polar surface area (TPSA) is 141 Å². The molecule has 3 aromatic rings. The fourth-order valence-electron chi connectivity index (χ4n) is 4.22. The molecule has 1 amide bonds. The van der Waals surface area contributed by atoms with Crippen LogP contribution in [0.4, 0.5) is 0 Å². The molecule has 0 spiro atoms. The molecule has 11 nitrogen and oxygen atoms in total. The molecule has 13 heteroatoms. The third-order valence-corrected chi connectivity index (χ3v) is 8.86. The molecular weight excluding hydrogens is 542 g/mol. The molecule has 1 aliphatic carbocycles. The summed E-state index contributed by atoms with van der Waals surface area (Å²) in [6, 6.07) is 7.46. The average Bonchev–Trinajstić information content (AvgIpc) is 3.47. The highest BCUT2D eigenvalue weighted by molar-refractivity contribution is 7.87. The van der Waals surface area contributed by atoms with Crippen LogP contribution in [0.3, 0.4) is 0 Å².